The Kier molecular flexibility index (Phi) is 2.66. The average molecular weight is 249 g/mol. The lowest BCUT2D eigenvalue weighted by molar-refractivity contribution is -0.0924. The van der Waals surface area contributed by atoms with Crippen LogP contribution in [-0.4, -0.2) is 28.5 Å². The summed E-state index contributed by atoms with van der Waals surface area (Å²) in [5.74, 6) is 1.65. The molecule has 0 radical (unpaired) electrons. The highest BCUT2D eigenvalue weighted by Gasteiger charge is 2.59. The molecule has 4 heteroatoms. The zero-order chi connectivity index (χ0) is 12.9. The van der Waals surface area contributed by atoms with Crippen molar-refractivity contribution >= 4 is 5.82 Å². The summed E-state index contributed by atoms with van der Waals surface area (Å²) in [4.78, 5) is 0. The molecule has 2 heterocycles. The molecule has 2 fully saturated rings. The first-order chi connectivity index (χ1) is 8.50. The van der Waals surface area contributed by atoms with Crippen LogP contribution in [0.2, 0.25) is 0 Å². The van der Waals surface area contributed by atoms with E-state index >= 15 is 0 Å². The minimum atomic E-state index is 0.211. The standard InChI is InChI=1S/C14H23N3O/c1-9(2)17-7-5-11(16-17)15-12-10-6-8-18-13(10)14(12,3)4/h5,7,9-10,12-13H,6,8H2,1-4H3,(H,15,16). The van der Waals surface area contributed by atoms with E-state index in [-0.39, 0.29) is 5.41 Å². The fourth-order valence-corrected chi connectivity index (χ4v) is 3.48. The fraction of sp³-hybridized carbons (Fsp3) is 0.786. The van der Waals surface area contributed by atoms with Gasteiger partial charge in [0.1, 0.15) is 5.82 Å². The molecule has 100 valence electrons. The van der Waals surface area contributed by atoms with Gasteiger partial charge in [0.05, 0.1) is 6.10 Å². The van der Waals surface area contributed by atoms with Crippen molar-refractivity contribution in [1.29, 1.82) is 0 Å². The molecule has 0 bridgehead atoms. The number of nitrogens with zero attached hydrogens (tertiary/aromatic N) is 2. The van der Waals surface area contributed by atoms with Crippen molar-refractivity contribution in [2.24, 2.45) is 11.3 Å². The summed E-state index contributed by atoms with van der Waals surface area (Å²) in [7, 11) is 0. The summed E-state index contributed by atoms with van der Waals surface area (Å²) in [5, 5.41) is 8.18. The number of fused-ring (bicyclic) bond motifs is 1. The van der Waals surface area contributed by atoms with Gasteiger partial charge < -0.3 is 10.1 Å². The second-order valence-electron chi connectivity index (χ2n) is 6.46. The number of aromatic nitrogens is 2. The normalized spacial score (nSPS) is 33.3. The van der Waals surface area contributed by atoms with Crippen molar-refractivity contribution in [2.75, 3.05) is 11.9 Å². The summed E-state index contributed by atoms with van der Waals surface area (Å²) >= 11 is 0. The van der Waals surface area contributed by atoms with Gasteiger partial charge in [-0.2, -0.15) is 5.10 Å². The largest absolute Gasteiger partial charge is 0.377 e. The molecule has 3 rings (SSSR count). The van der Waals surface area contributed by atoms with E-state index < -0.39 is 0 Å². The van der Waals surface area contributed by atoms with Gasteiger partial charge in [-0.1, -0.05) is 13.8 Å². The molecule has 3 unspecified atom stereocenters. The Hall–Kier alpha value is -1.03. The molecule has 18 heavy (non-hydrogen) atoms. The maximum atomic E-state index is 5.81. The predicted molar refractivity (Wildman–Crippen MR) is 71.7 cm³/mol. The third kappa shape index (κ3) is 1.66. The molecule has 0 aromatic carbocycles. The molecule has 3 atom stereocenters. The Morgan fingerprint density at radius 3 is 2.94 bits per heavy atom. The first-order valence-corrected chi connectivity index (χ1v) is 6.93. The van der Waals surface area contributed by atoms with E-state index in [9.17, 15) is 0 Å². The average Bonchev–Trinajstić information content (AvgIpc) is 2.94. The van der Waals surface area contributed by atoms with Crippen LogP contribution in [-0.2, 0) is 4.74 Å². The molecule has 1 aromatic heterocycles. The molecule has 4 nitrogen and oxygen atoms in total. The van der Waals surface area contributed by atoms with Crippen molar-refractivity contribution < 1.29 is 4.74 Å². The van der Waals surface area contributed by atoms with E-state index in [0.29, 0.717) is 24.1 Å². The van der Waals surface area contributed by atoms with Crippen molar-refractivity contribution in [3.63, 3.8) is 0 Å². The molecular weight excluding hydrogens is 226 g/mol. The first-order valence-electron chi connectivity index (χ1n) is 6.93. The van der Waals surface area contributed by atoms with E-state index in [1.807, 2.05) is 10.9 Å². The number of nitrogens with one attached hydrogen (secondary N) is 1. The van der Waals surface area contributed by atoms with Gasteiger partial charge in [-0.05, 0) is 20.3 Å². The van der Waals surface area contributed by atoms with Crippen LogP contribution in [0.4, 0.5) is 5.82 Å². The van der Waals surface area contributed by atoms with Crippen LogP contribution < -0.4 is 5.32 Å². The van der Waals surface area contributed by atoms with E-state index in [0.717, 1.165) is 12.4 Å². The Balaban J connectivity index is 1.72. The number of ether oxygens (including phenoxy) is 1. The molecule has 1 N–H and O–H groups in total. The summed E-state index contributed by atoms with van der Waals surface area (Å²) in [5.41, 5.74) is 0.211. The number of rotatable bonds is 3. The second-order valence-corrected chi connectivity index (χ2v) is 6.46. The topological polar surface area (TPSA) is 39.1 Å². The monoisotopic (exact) mass is 249 g/mol. The van der Waals surface area contributed by atoms with E-state index in [4.69, 9.17) is 4.74 Å². The maximum absolute atomic E-state index is 5.81. The summed E-state index contributed by atoms with van der Waals surface area (Å²) in [6.07, 6.45) is 3.65. The number of hydrogen-bond acceptors (Lipinski definition) is 3. The lowest BCUT2D eigenvalue weighted by Gasteiger charge is -2.54. The number of anilines is 1. The first kappa shape index (κ1) is 12.0. The summed E-state index contributed by atoms with van der Waals surface area (Å²) < 4.78 is 7.81. The van der Waals surface area contributed by atoms with Crippen LogP contribution in [0.5, 0.6) is 0 Å². The maximum Gasteiger partial charge on any atom is 0.148 e. The third-order valence-electron chi connectivity index (χ3n) is 4.54. The molecule has 0 amide bonds. The Morgan fingerprint density at radius 1 is 1.50 bits per heavy atom. The highest BCUT2D eigenvalue weighted by atomic mass is 16.5. The molecular formula is C14H23N3O. The van der Waals surface area contributed by atoms with Gasteiger partial charge in [0.15, 0.2) is 0 Å². The molecule has 1 aromatic rings. The van der Waals surface area contributed by atoms with Crippen LogP contribution in [0.15, 0.2) is 12.3 Å². The van der Waals surface area contributed by atoms with Gasteiger partial charge in [0.25, 0.3) is 0 Å². The van der Waals surface area contributed by atoms with Crippen LogP contribution in [0, 0.1) is 11.3 Å². The Labute approximate surface area is 109 Å². The highest BCUT2D eigenvalue weighted by Crippen LogP contribution is 2.53. The van der Waals surface area contributed by atoms with Gasteiger partial charge in [0.2, 0.25) is 0 Å². The molecule has 1 aliphatic carbocycles. The Bertz CT molecular complexity index is 438. The van der Waals surface area contributed by atoms with Gasteiger partial charge in [-0.25, -0.2) is 0 Å². The minimum absolute atomic E-state index is 0.211. The zero-order valence-electron chi connectivity index (χ0n) is 11.7. The second kappa shape index (κ2) is 3.98. The van der Waals surface area contributed by atoms with Crippen molar-refractivity contribution in [1.82, 2.24) is 9.78 Å². The third-order valence-corrected chi connectivity index (χ3v) is 4.54. The van der Waals surface area contributed by atoms with Gasteiger partial charge in [-0.3, -0.25) is 4.68 Å². The summed E-state index contributed by atoms with van der Waals surface area (Å²) in [6, 6.07) is 2.97. The Morgan fingerprint density at radius 2 is 2.28 bits per heavy atom. The van der Waals surface area contributed by atoms with E-state index in [2.05, 4.69) is 44.2 Å². The van der Waals surface area contributed by atoms with Crippen molar-refractivity contribution in [2.45, 2.75) is 52.3 Å². The highest BCUT2D eigenvalue weighted by molar-refractivity contribution is 5.37. The van der Waals surface area contributed by atoms with Crippen molar-refractivity contribution in [3.8, 4) is 0 Å². The van der Waals surface area contributed by atoms with Gasteiger partial charge >= 0.3 is 0 Å². The zero-order valence-corrected chi connectivity index (χ0v) is 11.7. The van der Waals surface area contributed by atoms with Crippen LogP contribution >= 0.6 is 0 Å². The van der Waals surface area contributed by atoms with Crippen LogP contribution in [0.3, 0.4) is 0 Å². The van der Waals surface area contributed by atoms with Crippen LogP contribution in [0.1, 0.15) is 40.2 Å². The molecule has 1 saturated carbocycles. The lowest BCUT2D eigenvalue weighted by Crippen LogP contribution is -2.63. The van der Waals surface area contributed by atoms with E-state index in [1.165, 1.54) is 6.42 Å². The predicted octanol–water partition coefficient (Wildman–Crippen LogP) is 2.69. The SMILES string of the molecule is CC(C)n1ccc(NC2C3CCOC3C2(C)C)n1. The van der Waals surface area contributed by atoms with Crippen molar-refractivity contribution in [3.05, 3.63) is 12.3 Å². The van der Waals surface area contributed by atoms with Gasteiger partial charge in [-0.15, -0.1) is 0 Å². The quantitative estimate of drug-likeness (QED) is 0.895. The fourth-order valence-electron chi connectivity index (χ4n) is 3.48. The molecule has 2 aliphatic rings. The molecule has 1 saturated heterocycles. The summed E-state index contributed by atoms with van der Waals surface area (Å²) in [6.45, 7) is 9.78. The van der Waals surface area contributed by atoms with E-state index in [1.54, 1.807) is 0 Å². The minimum Gasteiger partial charge on any atom is -0.377 e. The molecule has 1 aliphatic heterocycles. The smallest absolute Gasteiger partial charge is 0.148 e. The van der Waals surface area contributed by atoms with Gasteiger partial charge in [0, 0.05) is 42.3 Å². The molecule has 0 spiro atoms. The van der Waals surface area contributed by atoms with Crippen LogP contribution in [0.25, 0.3) is 0 Å². The lowest BCUT2D eigenvalue weighted by atomic mass is 9.57. The number of hydrogen-bond donors (Lipinski definition) is 1.